The number of hydrogen-bond acceptors (Lipinski definition) is 1. The molecule has 11 rings (SSSR count). The van der Waals surface area contributed by atoms with E-state index in [1.165, 1.54) is 76.4 Å². The van der Waals surface area contributed by atoms with E-state index >= 15 is 0 Å². The Labute approximate surface area is 325 Å². The molecule has 1 heterocycles. The molecule has 0 amide bonds. The normalized spacial score (nSPS) is 11.6. The molecule has 0 saturated heterocycles. The molecule has 0 atom stereocenters. The molecule has 56 heavy (non-hydrogen) atoms. The van der Waals surface area contributed by atoms with Crippen LogP contribution in [0.2, 0.25) is 0 Å². The van der Waals surface area contributed by atoms with E-state index in [4.69, 9.17) is 0 Å². The molecule has 1 aromatic heterocycles. The van der Waals surface area contributed by atoms with Gasteiger partial charge in [0.1, 0.15) is 0 Å². The summed E-state index contributed by atoms with van der Waals surface area (Å²) in [5, 5.41) is 10.1. The van der Waals surface area contributed by atoms with Gasteiger partial charge in [0.15, 0.2) is 0 Å². The summed E-state index contributed by atoms with van der Waals surface area (Å²) in [6.45, 7) is 0. The molecular formula is C54H36N2. The molecule has 11 aromatic rings. The number of anilines is 3. The second-order valence-corrected chi connectivity index (χ2v) is 14.6. The molecule has 0 fully saturated rings. The van der Waals surface area contributed by atoms with Gasteiger partial charge >= 0.3 is 0 Å². The van der Waals surface area contributed by atoms with E-state index in [9.17, 15) is 0 Å². The van der Waals surface area contributed by atoms with Gasteiger partial charge in [-0.3, -0.25) is 0 Å². The zero-order valence-corrected chi connectivity index (χ0v) is 30.7. The van der Waals surface area contributed by atoms with Crippen molar-refractivity contribution in [2.24, 2.45) is 0 Å². The minimum Gasteiger partial charge on any atom is -0.310 e. The molecule has 0 saturated carbocycles. The zero-order chi connectivity index (χ0) is 37.0. The molecule has 0 aliphatic rings. The van der Waals surface area contributed by atoms with Gasteiger partial charge < -0.3 is 9.47 Å². The van der Waals surface area contributed by atoms with Crippen LogP contribution in [0.25, 0.3) is 82.1 Å². The van der Waals surface area contributed by atoms with Crippen LogP contribution in [0.3, 0.4) is 0 Å². The van der Waals surface area contributed by atoms with Crippen molar-refractivity contribution in [1.29, 1.82) is 0 Å². The summed E-state index contributed by atoms with van der Waals surface area (Å²) in [5.41, 5.74) is 11.6. The summed E-state index contributed by atoms with van der Waals surface area (Å²) >= 11 is 0. The predicted octanol–water partition coefficient (Wildman–Crippen LogP) is 15.0. The lowest BCUT2D eigenvalue weighted by atomic mass is 9.94. The van der Waals surface area contributed by atoms with Gasteiger partial charge in [0, 0.05) is 33.5 Å². The van der Waals surface area contributed by atoms with Crippen LogP contribution in [-0.4, -0.2) is 4.57 Å². The number of aromatic nitrogens is 1. The van der Waals surface area contributed by atoms with Crippen LogP contribution in [-0.2, 0) is 0 Å². The topological polar surface area (TPSA) is 8.17 Å². The van der Waals surface area contributed by atoms with E-state index in [2.05, 4.69) is 228 Å². The highest BCUT2D eigenvalue weighted by atomic mass is 15.1. The van der Waals surface area contributed by atoms with Crippen LogP contribution in [0, 0.1) is 0 Å². The maximum absolute atomic E-state index is 2.39. The Hall–Kier alpha value is -7.42. The van der Waals surface area contributed by atoms with Crippen molar-refractivity contribution in [2.75, 3.05) is 4.90 Å². The molecule has 0 spiro atoms. The van der Waals surface area contributed by atoms with Crippen LogP contribution in [0.15, 0.2) is 218 Å². The molecule has 0 aliphatic carbocycles. The number of fused-ring (bicyclic) bond motifs is 8. The smallest absolute Gasteiger partial charge is 0.0561 e. The Kier molecular flexibility index (Phi) is 7.53. The highest BCUT2D eigenvalue weighted by Crippen LogP contribution is 2.41. The predicted molar refractivity (Wildman–Crippen MR) is 239 cm³/mol. The van der Waals surface area contributed by atoms with Crippen molar-refractivity contribution in [1.82, 2.24) is 4.57 Å². The lowest BCUT2D eigenvalue weighted by Crippen LogP contribution is -2.10. The van der Waals surface area contributed by atoms with Crippen LogP contribution in [0.1, 0.15) is 0 Å². The number of rotatable bonds is 6. The second kappa shape index (κ2) is 13.2. The molecule has 0 N–H and O–H groups in total. The first kappa shape index (κ1) is 32.0. The highest BCUT2D eigenvalue weighted by molar-refractivity contribution is 6.18. The summed E-state index contributed by atoms with van der Waals surface area (Å²) in [7, 11) is 0. The Morgan fingerprint density at radius 2 is 0.750 bits per heavy atom. The number of benzene rings is 10. The minimum atomic E-state index is 1.10. The average molecular weight is 713 g/mol. The Morgan fingerprint density at radius 1 is 0.268 bits per heavy atom. The van der Waals surface area contributed by atoms with Gasteiger partial charge in [-0.15, -0.1) is 0 Å². The molecule has 0 radical (unpaired) electrons. The van der Waals surface area contributed by atoms with Crippen molar-refractivity contribution in [3.63, 3.8) is 0 Å². The quantitative estimate of drug-likeness (QED) is 0.156. The summed E-state index contributed by atoms with van der Waals surface area (Å²) in [6, 6.07) is 79.5. The summed E-state index contributed by atoms with van der Waals surface area (Å²) < 4.78 is 2.39. The molecule has 2 heteroatoms. The molecule has 262 valence electrons. The molecule has 0 unspecified atom stereocenters. The molecular weight excluding hydrogens is 677 g/mol. The van der Waals surface area contributed by atoms with Gasteiger partial charge in [-0.2, -0.15) is 0 Å². The molecule has 0 aliphatic heterocycles. The third-order valence-corrected chi connectivity index (χ3v) is 11.4. The van der Waals surface area contributed by atoms with Crippen LogP contribution in [0.4, 0.5) is 17.1 Å². The van der Waals surface area contributed by atoms with Crippen molar-refractivity contribution in [3.05, 3.63) is 218 Å². The summed E-state index contributed by atoms with van der Waals surface area (Å²) in [6.07, 6.45) is 0. The Balaban J connectivity index is 1.05. The Morgan fingerprint density at radius 3 is 1.48 bits per heavy atom. The van der Waals surface area contributed by atoms with Gasteiger partial charge in [0.05, 0.1) is 11.0 Å². The van der Waals surface area contributed by atoms with Crippen molar-refractivity contribution in [2.45, 2.75) is 0 Å². The van der Waals surface area contributed by atoms with Gasteiger partial charge in [0.25, 0.3) is 0 Å². The van der Waals surface area contributed by atoms with Gasteiger partial charge in [-0.25, -0.2) is 0 Å². The van der Waals surface area contributed by atoms with Gasteiger partial charge in [0.2, 0.25) is 0 Å². The maximum Gasteiger partial charge on any atom is 0.0561 e. The molecule has 2 nitrogen and oxygen atoms in total. The minimum absolute atomic E-state index is 1.10. The standard InChI is InChI=1S/C54H36N2/c1-3-11-37(12-4-1)38-21-27-44(28-22-38)55(46-31-34-51-50-17-9-10-18-53(50)56(54(51)36-46)43-14-5-2-6-15-43)45-29-23-39(24-30-45)42-20-19-41-26-32-48-47-16-8-7-13-40(47)25-33-49(48)52(41)35-42/h1-36H. The van der Waals surface area contributed by atoms with E-state index in [0.29, 0.717) is 0 Å². The van der Waals surface area contributed by atoms with Crippen LogP contribution >= 0.6 is 0 Å². The van der Waals surface area contributed by atoms with Crippen LogP contribution < -0.4 is 4.90 Å². The van der Waals surface area contributed by atoms with E-state index < -0.39 is 0 Å². The highest BCUT2D eigenvalue weighted by Gasteiger charge is 2.18. The summed E-state index contributed by atoms with van der Waals surface area (Å²) in [4.78, 5) is 2.38. The lowest BCUT2D eigenvalue weighted by molar-refractivity contribution is 1.18. The van der Waals surface area contributed by atoms with Crippen molar-refractivity contribution in [3.8, 4) is 27.9 Å². The van der Waals surface area contributed by atoms with Gasteiger partial charge in [-0.05, 0) is 115 Å². The van der Waals surface area contributed by atoms with E-state index in [0.717, 1.165) is 22.7 Å². The number of hydrogen-bond donors (Lipinski definition) is 0. The average Bonchev–Trinajstić information content (AvgIpc) is 3.61. The second-order valence-electron chi connectivity index (χ2n) is 14.6. The zero-order valence-electron chi connectivity index (χ0n) is 30.7. The van der Waals surface area contributed by atoms with Crippen molar-refractivity contribution < 1.29 is 0 Å². The fourth-order valence-corrected chi connectivity index (χ4v) is 8.63. The SMILES string of the molecule is c1ccc(-c2ccc(N(c3ccc(-c4ccc5ccc6c7ccccc7ccc6c5c4)cc3)c3ccc4c5ccccc5n(-c5ccccc5)c4c3)cc2)cc1. The summed E-state index contributed by atoms with van der Waals surface area (Å²) in [5.74, 6) is 0. The first-order valence-corrected chi connectivity index (χ1v) is 19.3. The third-order valence-electron chi connectivity index (χ3n) is 11.4. The fraction of sp³-hybridized carbons (Fsp3) is 0. The molecule has 10 aromatic carbocycles. The number of nitrogens with zero attached hydrogens (tertiary/aromatic N) is 2. The first-order chi connectivity index (χ1) is 27.8. The van der Waals surface area contributed by atoms with Crippen LogP contribution in [0.5, 0.6) is 0 Å². The first-order valence-electron chi connectivity index (χ1n) is 19.3. The van der Waals surface area contributed by atoms with E-state index in [1.54, 1.807) is 0 Å². The number of para-hydroxylation sites is 2. The monoisotopic (exact) mass is 712 g/mol. The van der Waals surface area contributed by atoms with E-state index in [1.807, 2.05) is 0 Å². The van der Waals surface area contributed by atoms with Crippen molar-refractivity contribution >= 4 is 71.2 Å². The lowest BCUT2D eigenvalue weighted by Gasteiger charge is -2.26. The largest absolute Gasteiger partial charge is 0.310 e. The molecule has 0 bridgehead atoms. The fourth-order valence-electron chi connectivity index (χ4n) is 8.63. The maximum atomic E-state index is 2.39. The van der Waals surface area contributed by atoms with Gasteiger partial charge in [-0.1, -0.05) is 158 Å². The van der Waals surface area contributed by atoms with E-state index in [-0.39, 0.29) is 0 Å². The third kappa shape index (κ3) is 5.34. The Bertz CT molecular complexity index is 3210.